The van der Waals surface area contributed by atoms with Gasteiger partial charge in [-0.2, -0.15) is 5.26 Å². The van der Waals surface area contributed by atoms with Gasteiger partial charge in [-0.15, -0.1) is 0 Å². The lowest BCUT2D eigenvalue weighted by Crippen LogP contribution is -2.55. The average Bonchev–Trinajstić information content (AvgIpc) is 2.82. The third kappa shape index (κ3) is 4.27. The molecule has 2 aromatic rings. The second kappa shape index (κ2) is 9.00. The minimum atomic E-state index is -0.275. The van der Waals surface area contributed by atoms with Crippen molar-refractivity contribution in [3.63, 3.8) is 0 Å². The number of carbonyl (C=O) groups is 1. The molecule has 1 aromatic heterocycles. The highest BCUT2D eigenvalue weighted by molar-refractivity contribution is 5.89. The van der Waals surface area contributed by atoms with Gasteiger partial charge in [0.15, 0.2) is 0 Å². The molecule has 1 saturated heterocycles. The summed E-state index contributed by atoms with van der Waals surface area (Å²) in [6.07, 6.45) is 6.99. The number of aliphatic hydroxyl groups excluding tert-OH is 1. The Morgan fingerprint density at radius 1 is 1.09 bits per heavy atom. The highest BCUT2D eigenvalue weighted by atomic mass is 16.3. The van der Waals surface area contributed by atoms with Crippen molar-refractivity contribution in [1.29, 1.82) is 5.26 Å². The number of fused-ring (bicyclic) bond motifs is 1. The Morgan fingerprint density at radius 3 is 2.53 bits per heavy atom. The van der Waals surface area contributed by atoms with Crippen molar-refractivity contribution >= 4 is 22.6 Å². The highest BCUT2D eigenvalue weighted by Crippen LogP contribution is 2.31. The molecule has 0 spiro atoms. The van der Waals surface area contributed by atoms with Gasteiger partial charge in [-0.3, -0.25) is 9.69 Å². The first kappa shape index (κ1) is 21.1. The van der Waals surface area contributed by atoms with Crippen molar-refractivity contribution in [3.05, 3.63) is 30.1 Å². The van der Waals surface area contributed by atoms with Gasteiger partial charge in [0.2, 0.25) is 5.91 Å². The monoisotopic (exact) mass is 434 g/mol. The molecule has 2 saturated carbocycles. The summed E-state index contributed by atoms with van der Waals surface area (Å²) in [6, 6.07) is 8.64. The predicted molar refractivity (Wildman–Crippen MR) is 121 cm³/mol. The van der Waals surface area contributed by atoms with E-state index in [1.54, 1.807) is 12.4 Å². The van der Waals surface area contributed by atoms with E-state index < -0.39 is 0 Å². The number of nitriles is 1. The molecule has 0 radical (unpaired) electrons. The Labute approximate surface area is 188 Å². The van der Waals surface area contributed by atoms with Crippen LogP contribution in [-0.2, 0) is 4.79 Å². The Balaban J connectivity index is 1.13. The second-order valence-corrected chi connectivity index (χ2v) is 9.40. The molecule has 0 atom stereocenters. The summed E-state index contributed by atoms with van der Waals surface area (Å²) in [5.41, 5.74) is 1.46. The van der Waals surface area contributed by atoms with Crippen molar-refractivity contribution in [1.82, 2.24) is 19.8 Å². The van der Waals surface area contributed by atoms with Crippen LogP contribution in [0.4, 0.5) is 5.82 Å². The SMILES string of the molecule is N#Cc1ccc2ncnc(NC3CCC(N4CCN(C(=O)C5CC(O)C5)CC4)CC3)c2c1. The smallest absolute Gasteiger partial charge is 0.225 e. The van der Waals surface area contributed by atoms with Crippen LogP contribution >= 0.6 is 0 Å². The molecule has 1 aliphatic heterocycles. The van der Waals surface area contributed by atoms with Crippen LogP contribution in [0.5, 0.6) is 0 Å². The highest BCUT2D eigenvalue weighted by Gasteiger charge is 2.37. The molecule has 1 amide bonds. The molecule has 8 heteroatoms. The largest absolute Gasteiger partial charge is 0.393 e. The Morgan fingerprint density at radius 2 is 1.84 bits per heavy atom. The molecule has 168 valence electrons. The van der Waals surface area contributed by atoms with Gasteiger partial charge < -0.3 is 15.3 Å². The fourth-order valence-electron chi connectivity index (χ4n) is 5.37. The number of hydrogen-bond acceptors (Lipinski definition) is 7. The van der Waals surface area contributed by atoms with Crippen LogP contribution in [0.15, 0.2) is 24.5 Å². The first-order valence-corrected chi connectivity index (χ1v) is 11.7. The number of rotatable bonds is 4. The summed E-state index contributed by atoms with van der Waals surface area (Å²) in [5.74, 6) is 1.09. The lowest BCUT2D eigenvalue weighted by atomic mass is 9.81. The minimum Gasteiger partial charge on any atom is -0.393 e. The lowest BCUT2D eigenvalue weighted by molar-refractivity contribution is -0.144. The molecular formula is C24H30N6O2. The molecule has 0 bridgehead atoms. The predicted octanol–water partition coefficient (Wildman–Crippen LogP) is 2.14. The van der Waals surface area contributed by atoms with Gasteiger partial charge in [-0.1, -0.05) is 0 Å². The van der Waals surface area contributed by atoms with Gasteiger partial charge in [0.25, 0.3) is 0 Å². The van der Waals surface area contributed by atoms with E-state index in [1.807, 2.05) is 17.0 Å². The van der Waals surface area contributed by atoms with Gasteiger partial charge >= 0.3 is 0 Å². The summed E-state index contributed by atoms with van der Waals surface area (Å²) in [5, 5.41) is 23.2. The van der Waals surface area contributed by atoms with E-state index in [2.05, 4.69) is 26.3 Å². The van der Waals surface area contributed by atoms with Crippen LogP contribution in [0.3, 0.4) is 0 Å². The maximum Gasteiger partial charge on any atom is 0.225 e. The van der Waals surface area contributed by atoms with Crippen molar-refractivity contribution in [3.8, 4) is 6.07 Å². The van der Waals surface area contributed by atoms with E-state index in [9.17, 15) is 15.2 Å². The third-order valence-corrected chi connectivity index (χ3v) is 7.41. The van der Waals surface area contributed by atoms with E-state index >= 15 is 0 Å². The molecule has 0 unspecified atom stereocenters. The summed E-state index contributed by atoms with van der Waals surface area (Å²) in [4.78, 5) is 25.8. The van der Waals surface area contributed by atoms with E-state index in [4.69, 9.17) is 0 Å². The topological polar surface area (TPSA) is 105 Å². The minimum absolute atomic E-state index is 0.0418. The molecule has 32 heavy (non-hydrogen) atoms. The van der Waals surface area contributed by atoms with Crippen LogP contribution in [0.25, 0.3) is 10.9 Å². The molecule has 5 rings (SSSR count). The van der Waals surface area contributed by atoms with Crippen molar-refractivity contribution < 1.29 is 9.90 Å². The number of aliphatic hydroxyl groups is 1. The van der Waals surface area contributed by atoms with Crippen LogP contribution in [0.1, 0.15) is 44.1 Å². The Hall–Kier alpha value is -2.76. The zero-order chi connectivity index (χ0) is 22.1. The summed E-state index contributed by atoms with van der Waals surface area (Å²) in [7, 11) is 0. The van der Waals surface area contributed by atoms with E-state index in [-0.39, 0.29) is 17.9 Å². The van der Waals surface area contributed by atoms with Gasteiger partial charge in [-0.25, -0.2) is 9.97 Å². The molecule has 2 aliphatic carbocycles. The first-order chi connectivity index (χ1) is 15.6. The van der Waals surface area contributed by atoms with Crippen LogP contribution < -0.4 is 5.32 Å². The van der Waals surface area contributed by atoms with E-state index in [0.29, 0.717) is 30.5 Å². The van der Waals surface area contributed by atoms with Crippen LogP contribution in [-0.4, -0.2) is 75.1 Å². The van der Waals surface area contributed by atoms with Crippen molar-refractivity contribution in [2.75, 3.05) is 31.5 Å². The molecule has 1 aromatic carbocycles. The summed E-state index contributed by atoms with van der Waals surface area (Å²) in [6.45, 7) is 3.49. The number of piperazine rings is 1. The fourth-order valence-corrected chi connectivity index (χ4v) is 5.37. The average molecular weight is 435 g/mol. The van der Waals surface area contributed by atoms with Gasteiger partial charge in [0.1, 0.15) is 12.1 Å². The normalized spacial score (nSPS) is 28.7. The number of benzene rings is 1. The maximum absolute atomic E-state index is 12.5. The number of nitrogens with one attached hydrogen (secondary N) is 1. The second-order valence-electron chi connectivity index (χ2n) is 9.40. The molecule has 2 heterocycles. The first-order valence-electron chi connectivity index (χ1n) is 11.7. The Bertz CT molecular complexity index is 1010. The quantitative estimate of drug-likeness (QED) is 0.759. The zero-order valence-corrected chi connectivity index (χ0v) is 18.3. The number of aromatic nitrogens is 2. The molecular weight excluding hydrogens is 404 g/mol. The number of nitrogens with zero attached hydrogens (tertiary/aromatic N) is 5. The zero-order valence-electron chi connectivity index (χ0n) is 18.3. The number of amides is 1. The molecule has 8 nitrogen and oxygen atoms in total. The van der Waals surface area contributed by atoms with E-state index in [0.717, 1.165) is 68.6 Å². The van der Waals surface area contributed by atoms with Crippen molar-refractivity contribution in [2.45, 2.75) is 56.7 Å². The van der Waals surface area contributed by atoms with Gasteiger partial charge in [0.05, 0.1) is 23.3 Å². The third-order valence-electron chi connectivity index (χ3n) is 7.41. The van der Waals surface area contributed by atoms with Crippen LogP contribution in [0, 0.1) is 17.2 Å². The molecule has 3 fully saturated rings. The summed E-state index contributed by atoms with van der Waals surface area (Å²) >= 11 is 0. The number of hydrogen-bond donors (Lipinski definition) is 2. The molecule has 3 aliphatic rings. The van der Waals surface area contributed by atoms with Crippen molar-refractivity contribution in [2.24, 2.45) is 5.92 Å². The fraction of sp³-hybridized carbons (Fsp3) is 0.583. The van der Waals surface area contributed by atoms with Crippen LogP contribution in [0.2, 0.25) is 0 Å². The molecule has 2 N–H and O–H groups in total. The summed E-state index contributed by atoms with van der Waals surface area (Å²) < 4.78 is 0. The van der Waals surface area contributed by atoms with Gasteiger partial charge in [0, 0.05) is 49.6 Å². The Kier molecular flexibility index (Phi) is 5.94. The standard InChI is InChI=1S/C24H30N6O2/c25-14-16-1-6-22-21(11-16)23(27-15-26-22)28-18-2-4-19(5-3-18)29-7-9-30(10-8-29)24(32)17-12-20(31)13-17/h1,6,11,15,17-20,31H,2-5,7-10,12-13H2,(H,26,27,28). The maximum atomic E-state index is 12.5. The van der Waals surface area contributed by atoms with E-state index in [1.165, 1.54) is 0 Å². The number of anilines is 1. The lowest BCUT2D eigenvalue weighted by Gasteiger charge is -2.43. The van der Waals surface area contributed by atoms with Gasteiger partial charge in [-0.05, 0) is 56.7 Å². The number of carbonyl (C=O) groups excluding carboxylic acids is 1.